The third kappa shape index (κ3) is 3.40. The topological polar surface area (TPSA) is 59.4 Å². The second-order valence-corrected chi connectivity index (χ2v) is 9.39. The molecular weight excluding hydrogens is 372 g/mol. The number of ether oxygens (including phenoxy) is 1. The number of likely N-dealkylation sites (tertiary alicyclic amines) is 1. The van der Waals surface area contributed by atoms with Crippen LogP contribution in [0.3, 0.4) is 0 Å². The van der Waals surface area contributed by atoms with E-state index in [4.69, 9.17) is 4.74 Å². The van der Waals surface area contributed by atoms with Crippen LogP contribution in [-0.2, 0) is 23.3 Å². The summed E-state index contributed by atoms with van der Waals surface area (Å²) in [6.07, 6.45) is 8.90. The van der Waals surface area contributed by atoms with Crippen molar-refractivity contribution in [2.45, 2.75) is 44.2 Å². The number of rotatable bonds is 3. The first-order valence-corrected chi connectivity index (χ1v) is 11.3. The molecule has 0 radical (unpaired) electrons. The molecule has 2 aromatic heterocycles. The van der Waals surface area contributed by atoms with Crippen molar-refractivity contribution >= 4 is 17.2 Å². The van der Waals surface area contributed by atoms with Crippen molar-refractivity contribution in [2.75, 3.05) is 32.8 Å². The molecule has 0 unspecified atom stereocenters. The van der Waals surface area contributed by atoms with Crippen molar-refractivity contribution in [3.8, 4) is 0 Å². The Balaban J connectivity index is 1.26. The van der Waals surface area contributed by atoms with Gasteiger partial charge >= 0.3 is 0 Å². The molecule has 2 saturated heterocycles. The second kappa shape index (κ2) is 7.61. The van der Waals surface area contributed by atoms with E-state index in [2.05, 4.69) is 16.5 Å². The van der Waals surface area contributed by atoms with E-state index in [1.54, 1.807) is 11.3 Å². The van der Waals surface area contributed by atoms with Crippen LogP contribution in [0, 0.1) is 5.92 Å². The van der Waals surface area contributed by atoms with E-state index in [1.165, 1.54) is 10.4 Å². The summed E-state index contributed by atoms with van der Waals surface area (Å²) in [6, 6.07) is 4.12. The minimum absolute atomic E-state index is 0.162. The number of nitrogens with one attached hydrogen (secondary N) is 1. The second-order valence-electron chi connectivity index (χ2n) is 8.25. The molecule has 6 nitrogen and oxygen atoms in total. The minimum Gasteiger partial charge on any atom is -0.370 e. The van der Waals surface area contributed by atoms with Crippen LogP contribution in [0.15, 0.2) is 24.5 Å². The molecule has 0 aliphatic carbocycles. The van der Waals surface area contributed by atoms with Crippen LogP contribution < -0.4 is 5.32 Å². The molecule has 2 aromatic rings. The molecule has 2 fully saturated rings. The summed E-state index contributed by atoms with van der Waals surface area (Å²) in [6.45, 7) is 5.40. The average molecular weight is 401 g/mol. The number of aromatic nitrogens is 2. The number of thiophene rings is 1. The molecule has 1 spiro atoms. The average Bonchev–Trinajstić information content (AvgIpc) is 3.39. The lowest BCUT2D eigenvalue weighted by atomic mass is 9.83. The number of carbonyl (C=O) groups excluding carboxylic acids is 1. The summed E-state index contributed by atoms with van der Waals surface area (Å²) in [5.41, 5.74) is 1.13. The summed E-state index contributed by atoms with van der Waals surface area (Å²) >= 11 is 1.70. The number of piperidine rings is 2. The first kappa shape index (κ1) is 18.3. The fourth-order valence-corrected chi connectivity index (χ4v) is 6.11. The largest absolute Gasteiger partial charge is 0.370 e. The molecule has 3 aliphatic heterocycles. The SMILES string of the molecule is O=C(c1cc2c(s1)CCOC21CCNCC1)N1CCC(Cn2cccn2)CC1. The third-order valence-corrected chi connectivity index (χ3v) is 7.72. The molecule has 0 atom stereocenters. The van der Waals surface area contributed by atoms with Crippen LogP contribution in [0.1, 0.15) is 45.8 Å². The van der Waals surface area contributed by atoms with Gasteiger partial charge in [-0.1, -0.05) is 0 Å². The summed E-state index contributed by atoms with van der Waals surface area (Å²) < 4.78 is 8.28. The maximum absolute atomic E-state index is 13.2. The molecule has 5 rings (SSSR count). The monoisotopic (exact) mass is 400 g/mol. The van der Waals surface area contributed by atoms with Gasteiger partial charge in [-0.25, -0.2) is 0 Å². The third-order valence-electron chi connectivity index (χ3n) is 6.54. The standard InChI is InChI=1S/C21H28N4O2S/c26-20(24-11-2-16(3-12-24)15-25-10-1-7-23-25)19-14-17-18(28-19)4-13-27-21(17)5-8-22-9-6-21/h1,7,10,14,16,22H,2-6,8-9,11-13,15H2. The van der Waals surface area contributed by atoms with E-state index in [9.17, 15) is 4.79 Å². The summed E-state index contributed by atoms with van der Waals surface area (Å²) in [4.78, 5) is 17.5. The van der Waals surface area contributed by atoms with E-state index < -0.39 is 0 Å². The van der Waals surface area contributed by atoms with Crippen LogP contribution in [-0.4, -0.2) is 53.4 Å². The molecule has 1 amide bonds. The first-order chi connectivity index (χ1) is 13.7. The molecular formula is C21H28N4O2S. The van der Waals surface area contributed by atoms with Crippen molar-refractivity contribution in [1.82, 2.24) is 20.0 Å². The van der Waals surface area contributed by atoms with E-state index in [0.29, 0.717) is 5.92 Å². The first-order valence-electron chi connectivity index (χ1n) is 10.5. The van der Waals surface area contributed by atoms with Gasteiger partial charge in [0, 0.05) is 43.3 Å². The predicted molar refractivity (Wildman–Crippen MR) is 109 cm³/mol. The number of hydrogen-bond donors (Lipinski definition) is 1. The van der Waals surface area contributed by atoms with Crippen molar-refractivity contribution in [3.05, 3.63) is 39.8 Å². The predicted octanol–water partition coefficient (Wildman–Crippen LogP) is 2.65. The van der Waals surface area contributed by atoms with Crippen LogP contribution in [0.25, 0.3) is 0 Å². The maximum Gasteiger partial charge on any atom is 0.263 e. The zero-order chi connectivity index (χ0) is 19.0. The number of amides is 1. The van der Waals surface area contributed by atoms with E-state index in [0.717, 1.165) is 76.3 Å². The smallest absolute Gasteiger partial charge is 0.263 e. The lowest BCUT2D eigenvalue weighted by molar-refractivity contribution is -0.0792. The number of hydrogen-bond acceptors (Lipinski definition) is 5. The van der Waals surface area contributed by atoms with Crippen molar-refractivity contribution < 1.29 is 9.53 Å². The number of fused-ring (bicyclic) bond motifs is 2. The highest BCUT2D eigenvalue weighted by Crippen LogP contribution is 2.43. The Hall–Kier alpha value is -1.70. The molecule has 1 N–H and O–H groups in total. The Kier molecular flexibility index (Phi) is 4.99. The zero-order valence-corrected chi connectivity index (χ0v) is 17.0. The zero-order valence-electron chi connectivity index (χ0n) is 16.2. The minimum atomic E-state index is -0.162. The molecule has 0 bridgehead atoms. The van der Waals surface area contributed by atoms with Gasteiger partial charge in [-0.2, -0.15) is 5.10 Å². The van der Waals surface area contributed by atoms with Gasteiger partial charge < -0.3 is 15.0 Å². The van der Waals surface area contributed by atoms with Gasteiger partial charge in [0.2, 0.25) is 0 Å². The fraction of sp³-hybridized carbons (Fsp3) is 0.619. The summed E-state index contributed by atoms with van der Waals surface area (Å²) in [5.74, 6) is 0.813. The van der Waals surface area contributed by atoms with Gasteiger partial charge in [0.15, 0.2) is 0 Å². The van der Waals surface area contributed by atoms with Gasteiger partial charge in [-0.15, -0.1) is 11.3 Å². The van der Waals surface area contributed by atoms with Crippen molar-refractivity contribution in [2.24, 2.45) is 5.92 Å². The van der Waals surface area contributed by atoms with Crippen LogP contribution in [0.2, 0.25) is 0 Å². The molecule has 0 aromatic carbocycles. The lowest BCUT2D eigenvalue weighted by Gasteiger charge is -2.40. The Labute approximate surface area is 169 Å². The highest BCUT2D eigenvalue weighted by molar-refractivity contribution is 7.14. The Morgan fingerprint density at radius 2 is 2.14 bits per heavy atom. The van der Waals surface area contributed by atoms with Gasteiger partial charge in [-0.05, 0) is 62.4 Å². The molecule has 7 heteroatoms. The maximum atomic E-state index is 13.2. The molecule has 5 heterocycles. The van der Waals surface area contributed by atoms with Crippen LogP contribution >= 0.6 is 11.3 Å². The number of carbonyl (C=O) groups is 1. The van der Waals surface area contributed by atoms with Crippen molar-refractivity contribution in [1.29, 1.82) is 0 Å². The van der Waals surface area contributed by atoms with Crippen molar-refractivity contribution in [3.63, 3.8) is 0 Å². The highest BCUT2D eigenvalue weighted by atomic mass is 32.1. The van der Waals surface area contributed by atoms with Gasteiger partial charge in [0.1, 0.15) is 0 Å². The van der Waals surface area contributed by atoms with E-state index >= 15 is 0 Å². The molecule has 3 aliphatic rings. The van der Waals surface area contributed by atoms with Gasteiger partial charge in [0.25, 0.3) is 5.91 Å². The van der Waals surface area contributed by atoms with Gasteiger partial charge in [-0.3, -0.25) is 9.48 Å². The Morgan fingerprint density at radius 3 is 2.89 bits per heavy atom. The lowest BCUT2D eigenvalue weighted by Crippen LogP contribution is -2.44. The van der Waals surface area contributed by atoms with E-state index in [1.807, 2.05) is 28.0 Å². The van der Waals surface area contributed by atoms with Gasteiger partial charge in [0.05, 0.1) is 17.1 Å². The Bertz CT molecular complexity index is 818. The molecule has 28 heavy (non-hydrogen) atoms. The molecule has 0 saturated carbocycles. The summed E-state index contributed by atoms with van der Waals surface area (Å²) in [5, 5.41) is 7.74. The summed E-state index contributed by atoms with van der Waals surface area (Å²) in [7, 11) is 0. The molecule has 150 valence electrons. The van der Waals surface area contributed by atoms with Crippen LogP contribution in [0.5, 0.6) is 0 Å². The quantitative estimate of drug-likeness (QED) is 0.861. The fourth-order valence-electron chi connectivity index (χ4n) is 4.91. The normalized spacial score (nSPS) is 22.4. The Morgan fingerprint density at radius 1 is 1.32 bits per heavy atom. The highest BCUT2D eigenvalue weighted by Gasteiger charge is 2.41. The van der Waals surface area contributed by atoms with E-state index in [-0.39, 0.29) is 11.5 Å². The van der Waals surface area contributed by atoms with Crippen LogP contribution in [0.4, 0.5) is 0 Å². The number of nitrogens with zero attached hydrogens (tertiary/aromatic N) is 3.